The second-order valence-corrected chi connectivity index (χ2v) is 11.7. The molecule has 0 saturated heterocycles. The molecule has 0 atom stereocenters. The van der Waals surface area contributed by atoms with Crippen molar-refractivity contribution in [3.8, 4) is 22.6 Å². The van der Waals surface area contributed by atoms with Gasteiger partial charge in [0, 0.05) is 9.75 Å². The summed E-state index contributed by atoms with van der Waals surface area (Å²) in [6.07, 6.45) is 8.65. The maximum absolute atomic E-state index is 5.90. The van der Waals surface area contributed by atoms with Gasteiger partial charge < -0.3 is 9.47 Å². The van der Waals surface area contributed by atoms with Gasteiger partial charge in [0.2, 0.25) is 0 Å². The van der Waals surface area contributed by atoms with Crippen LogP contribution >= 0.6 is 22.7 Å². The number of hydrogen-bond donors (Lipinski definition) is 0. The predicted molar refractivity (Wildman–Crippen MR) is 180 cm³/mol. The highest BCUT2D eigenvalue weighted by molar-refractivity contribution is 7.12. The Balaban J connectivity index is 1.01. The summed E-state index contributed by atoms with van der Waals surface area (Å²) in [5.41, 5.74) is 7.13. The molecule has 0 N–H and O–H groups in total. The summed E-state index contributed by atoms with van der Waals surface area (Å²) in [7, 11) is 0. The molecule has 0 aliphatic rings. The van der Waals surface area contributed by atoms with E-state index in [0.29, 0.717) is 13.2 Å². The average molecular weight is 583 g/mol. The van der Waals surface area contributed by atoms with Crippen LogP contribution in [-0.4, -0.2) is 0 Å². The Labute approximate surface area is 255 Å². The Morgan fingerprint density at radius 1 is 0.452 bits per heavy atom. The zero-order valence-electron chi connectivity index (χ0n) is 23.1. The molecule has 0 aliphatic heterocycles. The smallest absolute Gasteiger partial charge is 0.119 e. The van der Waals surface area contributed by atoms with E-state index in [1.807, 2.05) is 60.7 Å². The van der Waals surface area contributed by atoms with Crippen molar-refractivity contribution in [1.29, 1.82) is 0 Å². The highest BCUT2D eigenvalue weighted by Crippen LogP contribution is 2.31. The summed E-state index contributed by atoms with van der Waals surface area (Å²) in [6, 6.07) is 41.4. The lowest BCUT2D eigenvalue weighted by Gasteiger charge is -2.06. The minimum atomic E-state index is 0.576. The Bertz CT molecular complexity index is 1610. The first-order chi connectivity index (χ1) is 20.8. The third-order valence-electron chi connectivity index (χ3n) is 6.71. The quantitative estimate of drug-likeness (QED) is 0.151. The van der Waals surface area contributed by atoms with Crippen molar-refractivity contribution in [2.45, 2.75) is 13.2 Å². The monoisotopic (exact) mass is 582 g/mol. The first kappa shape index (κ1) is 27.5. The van der Waals surface area contributed by atoms with Crippen LogP contribution in [0.5, 0.6) is 11.5 Å². The summed E-state index contributed by atoms with van der Waals surface area (Å²) >= 11 is 3.52. The minimum Gasteiger partial charge on any atom is -0.489 e. The lowest BCUT2D eigenvalue weighted by Crippen LogP contribution is -1.94. The van der Waals surface area contributed by atoms with Gasteiger partial charge in [-0.15, -0.1) is 22.7 Å². The molecule has 2 nitrogen and oxygen atoms in total. The van der Waals surface area contributed by atoms with E-state index in [1.54, 1.807) is 22.7 Å². The molecule has 42 heavy (non-hydrogen) atoms. The molecule has 0 saturated carbocycles. The Morgan fingerprint density at radius 3 is 1.26 bits per heavy atom. The van der Waals surface area contributed by atoms with Gasteiger partial charge in [0.15, 0.2) is 0 Å². The van der Waals surface area contributed by atoms with Crippen LogP contribution in [0.2, 0.25) is 0 Å². The summed E-state index contributed by atoms with van der Waals surface area (Å²) < 4.78 is 11.8. The maximum atomic E-state index is 5.90. The van der Waals surface area contributed by atoms with Gasteiger partial charge in [-0.3, -0.25) is 0 Å². The molecular formula is C38H30O2S2. The van der Waals surface area contributed by atoms with Crippen molar-refractivity contribution in [3.63, 3.8) is 0 Å². The van der Waals surface area contributed by atoms with Crippen LogP contribution in [0.25, 0.3) is 35.4 Å². The minimum absolute atomic E-state index is 0.576. The van der Waals surface area contributed by atoms with Crippen LogP contribution in [0.3, 0.4) is 0 Å². The van der Waals surface area contributed by atoms with E-state index in [0.717, 1.165) is 22.6 Å². The fraction of sp³-hybridized carbons (Fsp3) is 0.0526. The van der Waals surface area contributed by atoms with Crippen molar-refractivity contribution >= 4 is 47.0 Å². The second-order valence-electron chi connectivity index (χ2n) is 9.83. The average Bonchev–Trinajstić information content (AvgIpc) is 3.73. The molecule has 0 unspecified atom stereocenters. The topological polar surface area (TPSA) is 18.5 Å². The number of benzene rings is 4. The van der Waals surface area contributed by atoms with Crippen LogP contribution in [0.4, 0.5) is 0 Å². The third-order valence-corrected chi connectivity index (χ3v) is 8.51. The Morgan fingerprint density at radius 2 is 0.857 bits per heavy atom. The molecular weight excluding hydrogens is 553 g/mol. The molecule has 6 aromatic rings. The van der Waals surface area contributed by atoms with Gasteiger partial charge in [0.05, 0.1) is 0 Å². The first-order valence-electron chi connectivity index (χ1n) is 13.8. The van der Waals surface area contributed by atoms with Gasteiger partial charge >= 0.3 is 0 Å². The summed E-state index contributed by atoms with van der Waals surface area (Å²) in [5, 5.41) is 4.45. The highest BCUT2D eigenvalue weighted by atomic mass is 32.1. The number of rotatable bonds is 11. The van der Waals surface area contributed by atoms with E-state index in [-0.39, 0.29) is 0 Å². The van der Waals surface area contributed by atoms with Crippen LogP contribution in [0.1, 0.15) is 32.0 Å². The van der Waals surface area contributed by atoms with Crippen LogP contribution in [-0.2, 0) is 13.2 Å². The number of hydrogen-bond acceptors (Lipinski definition) is 4. The van der Waals surface area contributed by atoms with Gasteiger partial charge in [0.1, 0.15) is 24.7 Å². The normalized spacial score (nSPS) is 11.3. The van der Waals surface area contributed by atoms with E-state index in [9.17, 15) is 0 Å². The van der Waals surface area contributed by atoms with E-state index in [4.69, 9.17) is 9.47 Å². The van der Waals surface area contributed by atoms with Crippen molar-refractivity contribution in [2.24, 2.45) is 0 Å². The lowest BCUT2D eigenvalue weighted by atomic mass is 10.1. The van der Waals surface area contributed by atoms with E-state index in [2.05, 4.69) is 95.7 Å². The summed E-state index contributed by atoms with van der Waals surface area (Å²) in [4.78, 5) is 2.46. The van der Waals surface area contributed by atoms with Crippen LogP contribution < -0.4 is 9.47 Å². The molecule has 0 aliphatic carbocycles. The van der Waals surface area contributed by atoms with Gasteiger partial charge in [-0.1, -0.05) is 97.1 Å². The van der Waals surface area contributed by atoms with E-state index < -0.39 is 0 Å². The van der Waals surface area contributed by atoms with Crippen molar-refractivity contribution < 1.29 is 9.47 Å². The number of ether oxygens (including phenoxy) is 2. The van der Waals surface area contributed by atoms with Gasteiger partial charge in [-0.2, -0.15) is 0 Å². The maximum Gasteiger partial charge on any atom is 0.119 e. The molecule has 2 heterocycles. The first-order valence-corrected chi connectivity index (χ1v) is 15.6. The largest absolute Gasteiger partial charge is 0.489 e. The number of thiophene rings is 2. The van der Waals surface area contributed by atoms with Gasteiger partial charge in [0.25, 0.3) is 0 Å². The Kier molecular flexibility index (Phi) is 9.06. The second kappa shape index (κ2) is 13.8. The predicted octanol–water partition coefficient (Wildman–Crippen LogP) is 11.0. The fourth-order valence-corrected chi connectivity index (χ4v) is 5.99. The SMILES string of the molecule is C(=Cc1cc(-c2csc(C=Cc3ccc(OCc4ccccc4)cc3)c2)cs1)c1ccc(OCc2ccccc2)cc1. The van der Waals surface area contributed by atoms with Crippen molar-refractivity contribution in [1.82, 2.24) is 0 Å². The van der Waals surface area contributed by atoms with Crippen molar-refractivity contribution in [2.75, 3.05) is 0 Å². The van der Waals surface area contributed by atoms with Crippen molar-refractivity contribution in [3.05, 3.63) is 164 Å². The van der Waals surface area contributed by atoms with Crippen LogP contribution in [0, 0.1) is 0 Å². The lowest BCUT2D eigenvalue weighted by molar-refractivity contribution is 0.306. The van der Waals surface area contributed by atoms with Gasteiger partial charge in [-0.25, -0.2) is 0 Å². The molecule has 0 spiro atoms. The molecule has 0 fully saturated rings. The molecule has 4 heteroatoms. The molecule has 0 bridgehead atoms. The van der Waals surface area contributed by atoms with E-state index in [1.165, 1.54) is 32.0 Å². The molecule has 4 aromatic carbocycles. The molecule has 6 rings (SSSR count). The standard InChI is InChI=1S/C38H30O2S2/c1-3-7-31(8-4-1)25-39-35-17-11-29(12-18-35)15-21-37-23-33(27-41-37)34-24-38(42-28-34)22-16-30-13-19-36(20-14-30)40-26-32-9-5-2-6-10-32/h1-24,27-28H,25-26H2. The van der Waals surface area contributed by atoms with Gasteiger partial charge in [-0.05, 0) is 92.7 Å². The fourth-order valence-electron chi connectivity index (χ4n) is 4.37. The van der Waals surface area contributed by atoms with E-state index >= 15 is 0 Å². The zero-order valence-corrected chi connectivity index (χ0v) is 24.7. The third kappa shape index (κ3) is 7.76. The molecule has 2 aromatic heterocycles. The molecule has 0 radical (unpaired) electrons. The summed E-state index contributed by atoms with van der Waals surface area (Å²) in [5.74, 6) is 1.75. The molecule has 0 amide bonds. The Hall–Kier alpha value is -4.64. The highest BCUT2D eigenvalue weighted by Gasteiger charge is 2.04. The summed E-state index contributed by atoms with van der Waals surface area (Å²) in [6.45, 7) is 1.15. The van der Waals surface area contributed by atoms with Crippen LogP contribution in [0.15, 0.2) is 132 Å². The zero-order chi connectivity index (χ0) is 28.4. The molecule has 206 valence electrons.